The number of nitrogens with one attached hydrogen (secondary N) is 1. The molecule has 10 heteroatoms. The van der Waals surface area contributed by atoms with Crippen molar-refractivity contribution < 1.29 is 28.7 Å². The molecule has 0 saturated heterocycles. The van der Waals surface area contributed by atoms with Gasteiger partial charge in [-0.05, 0) is 80.1 Å². The number of carbonyl (C=O) groups excluding carboxylic acids is 4. The van der Waals surface area contributed by atoms with Gasteiger partial charge in [0.05, 0.1) is 30.0 Å². The zero-order valence-electron chi connectivity index (χ0n) is 21.2. The molecule has 200 valence electrons. The second-order valence-electron chi connectivity index (χ2n) is 8.31. The predicted octanol–water partition coefficient (Wildman–Crippen LogP) is 6.07. The topological polar surface area (TPSA) is 102 Å². The number of rotatable bonds is 10. The zero-order valence-corrected chi connectivity index (χ0v) is 22.8. The zero-order chi connectivity index (χ0) is 27.9. The second kappa shape index (κ2) is 12.6. The number of amides is 2. The van der Waals surface area contributed by atoms with Crippen LogP contribution in [0.3, 0.4) is 0 Å². The highest BCUT2D eigenvalue weighted by molar-refractivity contribution is 8.04. The van der Waals surface area contributed by atoms with Gasteiger partial charge in [-0.1, -0.05) is 36.4 Å². The maximum absolute atomic E-state index is 13.6. The number of hydrogen-bond donors (Lipinski definition) is 1. The quantitative estimate of drug-likeness (QED) is 0.234. The van der Waals surface area contributed by atoms with E-state index in [1.54, 1.807) is 55.5 Å². The Kier molecular flexibility index (Phi) is 9.06. The van der Waals surface area contributed by atoms with Crippen molar-refractivity contribution in [2.45, 2.75) is 25.2 Å². The van der Waals surface area contributed by atoms with Gasteiger partial charge in [-0.25, -0.2) is 14.5 Å². The number of thioether (sulfide) groups is 1. The van der Waals surface area contributed by atoms with Crippen molar-refractivity contribution >= 4 is 58.5 Å². The van der Waals surface area contributed by atoms with Gasteiger partial charge in [-0.2, -0.15) is 0 Å². The molecule has 3 aromatic carbocycles. The van der Waals surface area contributed by atoms with E-state index < -0.39 is 23.8 Å². The van der Waals surface area contributed by atoms with Crippen LogP contribution in [-0.4, -0.2) is 37.0 Å². The van der Waals surface area contributed by atoms with Crippen molar-refractivity contribution in [3.8, 4) is 0 Å². The number of ether oxygens (including phenoxy) is 2. The van der Waals surface area contributed by atoms with Crippen molar-refractivity contribution in [1.29, 1.82) is 0 Å². The first-order chi connectivity index (χ1) is 18.8. The predicted molar refractivity (Wildman–Crippen MR) is 150 cm³/mol. The molecule has 1 heterocycles. The first-order valence-corrected chi connectivity index (χ1v) is 13.4. The van der Waals surface area contributed by atoms with E-state index in [4.69, 9.17) is 21.1 Å². The van der Waals surface area contributed by atoms with Crippen molar-refractivity contribution in [3.63, 3.8) is 0 Å². The Bertz CT molecular complexity index is 1440. The molecule has 0 spiro atoms. The summed E-state index contributed by atoms with van der Waals surface area (Å²) in [5, 5.41) is 3.57. The van der Waals surface area contributed by atoms with Crippen LogP contribution in [0.25, 0.3) is 0 Å². The molecular weight excluding hydrogens is 540 g/mol. The van der Waals surface area contributed by atoms with E-state index in [-0.39, 0.29) is 17.2 Å². The monoisotopic (exact) mass is 564 g/mol. The van der Waals surface area contributed by atoms with Crippen LogP contribution in [0.1, 0.15) is 41.0 Å². The highest BCUT2D eigenvalue weighted by Gasteiger charge is 2.40. The van der Waals surface area contributed by atoms with E-state index >= 15 is 0 Å². The van der Waals surface area contributed by atoms with E-state index in [9.17, 15) is 19.2 Å². The maximum atomic E-state index is 13.6. The fourth-order valence-corrected chi connectivity index (χ4v) is 4.73. The number of esters is 2. The molecule has 4 rings (SSSR count). The molecule has 8 nitrogen and oxygen atoms in total. The Labute approximate surface area is 234 Å². The molecule has 1 N–H and O–H groups in total. The highest BCUT2D eigenvalue weighted by atomic mass is 35.5. The number of halogens is 1. The fraction of sp³-hybridized carbons (Fsp3) is 0.172. The van der Waals surface area contributed by atoms with E-state index in [0.717, 1.165) is 16.7 Å². The third-order valence-electron chi connectivity index (χ3n) is 5.52. The third-order valence-corrected chi connectivity index (χ3v) is 6.86. The van der Waals surface area contributed by atoms with Crippen molar-refractivity contribution in [1.82, 2.24) is 0 Å². The minimum atomic E-state index is -0.584. The van der Waals surface area contributed by atoms with Gasteiger partial charge in [0.2, 0.25) is 0 Å². The third kappa shape index (κ3) is 6.50. The summed E-state index contributed by atoms with van der Waals surface area (Å²) >= 11 is 7.13. The molecule has 3 aromatic rings. The largest absolute Gasteiger partial charge is 0.462 e. The minimum Gasteiger partial charge on any atom is -0.462 e. The summed E-state index contributed by atoms with van der Waals surface area (Å²) in [6.45, 7) is 4.13. The Morgan fingerprint density at radius 2 is 1.56 bits per heavy atom. The summed E-state index contributed by atoms with van der Waals surface area (Å²) in [5.74, 6) is -2.10. The summed E-state index contributed by atoms with van der Waals surface area (Å²) in [4.78, 5) is 53.5. The Balaban J connectivity index is 1.67. The molecule has 0 atom stereocenters. The average molecular weight is 565 g/mol. The van der Waals surface area contributed by atoms with Crippen molar-refractivity contribution in [3.05, 3.63) is 99.5 Å². The number of hydrogen-bond acceptors (Lipinski definition) is 8. The van der Waals surface area contributed by atoms with Gasteiger partial charge >= 0.3 is 11.9 Å². The fourth-order valence-electron chi connectivity index (χ4n) is 3.68. The maximum Gasteiger partial charge on any atom is 0.338 e. The lowest BCUT2D eigenvalue weighted by molar-refractivity contribution is -0.120. The lowest BCUT2D eigenvalue weighted by Crippen LogP contribution is -2.32. The van der Waals surface area contributed by atoms with E-state index in [0.29, 0.717) is 45.4 Å². The smallest absolute Gasteiger partial charge is 0.338 e. The summed E-state index contributed by atoms with van der Waals surface area (Å²) in [7, 11) is 0. The number of nitrogens with zero attached hydrogens (tertiary/aromatic N) is 1. The summed E-state index contributed by atoms with van der Waals surface area (Å²) in [6.07, 6.45) is 0.693. The van der Waals surface area contributed by atoms with Gasteiger partial charge in [0.15, 0.2) is 0 Å². The van der Waals surface area contributed by atoms with E-state index in [1.165, 1.54) is 24.3 Å². The highest BCUT2D eigenvalue weighted by Crippen LogP contribution is 2.38. The van der Waals surface area contributed by atoms with Crippen LogP contribution in [-0.2, 0) is 19.1 Å². The Morgan fingerprint density at radius 3 is 2.23 bits per heavy atom. The molecule has 1 aliphatic heterocycles. The van der Waals surface area contributed by atoms with Gasteiger partial charge in [-0.3, -0.25) is 9.59 Å². The SMILES string of the molecule is CCCOC(=O)c1ccc(N2C(=O)C(Nc3cccc(C(=O)OCC)c3)=C(Sc3ccc(Cl)cc3)C2=O)cc1. The van der Waals surface area contributed by atoms with Crippen LogP contribution < -0.4 is 10.2 Å². The average Bonchev–Trinajstić information content (AvgIpc) is 3.17. The molecule has 0 aromatic heterocycles. The summed E-state index contributed by atoms with van der Waals surface area (Å²) < 4.78 is 10.2. The normalized spacial score (nSPS) is 13.1. The van der Waals surface area contributed by atoms with Crippen LogP contribution in [0.5, 0.6) is 0 Å². The van der Waals surface area contributed by atoms with Crippen molar-refractivity contribution in [2.24, 2.45) is 0 Å². The van der Waals surface area contributed by atoms with E-state index in [2.05, 4.69) is 5.32 Å². The number of benzene rings is 3. The van der Waals surface area contributed by atoms with Crippen LogP contribution in [0.15, 0.2) is 88.3 Å². The van der Waals surface area contributed by atoms with Crippen LogP contribution >= 0.6 is 23.4 Å². The number of carbonyl (C=O) groups is 4. The Hall–Kier alpha value is -4.08. The molecule has 0 bridgehead atoms. The molecule has 0 aliphatic carbocycles. The second-order valence-corrected chi connectivity index (χ2v) is 9.84. The molecule has 2 amide bonds. The first kappa shape index (κ1) is 27.9. The van der Waals surface area contributed by atoms with Crippen molar-refractivity contribution in [2.75, 3.05) is 23.4 Å². The van der Waals surface area contributed by atoms with Crippen LogP contribution in [0.4, 0.5) is 11.4 Å². The number of imide groups is 1. The lowest BCUT2D eigenvalue weighted by Gasteiger charge is -2.16. The van der Waals surface area contributed by atoms with Crippen LogP contribution in [0, 0.1) is 0 Å². The molecule has 1 aliphatic rings. The summed E-state index contributed by atoms with van der Waals surface area (Å²) in [6, 6.07) is 19.4. The Morgan fingerprint density at radius 1 is 0.872 bits per heavy atom. The number of anilines is 2. The van der Waals surface area contributed by atoms with Gasteiger partial charge in [0.25, 0.3) is 11.8 Å². The lowest BCUT2D eigenvalue weighted by atomic mass is 10.2. The molecule has 0 radical (unpaired) electrons. The molecule has 0 saturated carbocycles. The van der Waals surface area contributed by atoms with Crippen LogP contribution in [0.2, 0.25) is 5.02 Å². The minimum absolute atomic E-state index is 0.0485. The van der Waals surface area contributed by atoms with E-state index in [1.807, 2.05) is 6.92 Å². The van der Waals surface area contributed by atoms with Gasteiger partial charge in [0, 0.05) is 15.6 Å². The van der Waals surface area contributed by atoms with Gasteiger partial charge in [-0.15, -0.1) is 0 Å². The van der Waals surface area contributed by atoms with Gasteiger partial charge in [0.1, 0.15) is 10.6 Å². The molecule has 0 fully saturated rings. The molecular formula is C29H25ClN2O6S. The standard InChI is InChI=1S/C29H25ClN2O6S/c1-3-16-38-28(35)18-8-12-22(13-9-18)32-26(33)24(25(27(32)34)39-23-14-10-20(30)11-15-23)31-21-7-5-6-19(17-21)29(36)37-4-2/h5-15,17,31H,3-4,16H2,1-2H3. The molecule has 39 heavy (non-hydrogen) atoms. The summed E-state index contributed by atoms with van der Waals surface area (Å²) in [5.41, 5.74) is 1.38. The molecule has 0 unspecified atom stereocenters. The van der Waals surface area contributed by atoms with Gasteiger partial charge < -0.3 is 14.8 Å². The first-order valence-electron chi connectivity index (χ1n) is 12.2.